The van der Waals surface area contributed by atoms with Crippen molar-refractivity contribution in [3.63, 3.8) is 0 Å². The minimum atomic E-state index is -0.602. The quantitative estimate of drug-likeness (QED) is 0.324. The molecule has 0 amide bonds. The fraction of sp³-hybridized carbons (Fsp3) is 0.357. The first-order chi connectivity index (χ1) is 11.0. The molecule has 0 bridgehead atoms. The van der Waals surface area contributed by atoms with E-state index in [0.717, 1.165) is 6.20 Å². The van der Waals surface area contributed by atoms with Gasteiger partial charge in [0.15, 0.2) is 12.4 Å². The van der Waals surface area contributed by atoms with E-state index in [1.165, 1.54) is 15.2 Å². The average molecular weight is 320 g/mol. The molecule has 2 heterocycles. The Morgan fingerprint density at radius 3 is 2.91 bits per heavy atom. The number of rotatable bonds is 7. The number of esters is 1. The summed E-state index contributed by atoms with van der Waals surface area (Å²) >= 11 is 0. The molecule has 2 aromatic heterocycles. The summed E-state index contributed by atoms with van der Waals surface area (Å²) < 4.78 is 7.74. The van der Waals surface area contributed by atoms with Crippen LogP contribution >= 0.6 is 0 Å². The molecule has 0 aliphatic carbocycles. The van der Waals surface area contributed by atoms with E-state index in [-0.39, 0.29) is 24.5 Å². The van der Waals surface area contributed by atoms with Crippen molar-refractivity contribution in [2.75, 3.05) is 6.61 Å². The highest BCUT2D eigenvalue weighted by molar-refractivity contribution is 5.69. The third-order valence-electron chi connectivity index (χ3n) is 3.21. The average Bonchev–Trinajstić information content (AvgIpc) is 2.86. The molecule has 0 aliphatic rings. The number of imidazole rings is 1. The Hall–Kier alpha value is -2.97. The summed E-state index contributed by atoms with van der Waals surface area (Å²) in [5, 5.41) is 10.8. The number of nitro groups is 1. The van der Waals surface area contributed by atoms with Crippen LogP contribution in [-0.4, -0.2) is 31.6 Å². The monoisotopic (exact) mass is 320 g/mol. The van der Waals surface area contributed by atoms with E-state index in [1.807, 2.05) is 0 Å². The maximum absolute atomic E-state index is 11.8. The van der Waals surface area contributed by atoms with Gasteiger partial charge in [-0.3, -0.25) is 4.79 Å². The lowest BCUT2D eigenvalue weighted by Crippen LogP contribution is -2.20. The topological polar surface area (TPSA) is 109 Å². The summed E-state index contributed by atoms with van der Waals surface area (Å²) in [6, 6.07) is 4.85. The largest absolute Gasteiger partial charge is 0.463 e. The third-order valence-corrected chi connectivity index (χ3v) is 3.21. The molecule has 2 aromatic rings. The maximum atomic E-state index is 11.8. The smallest absolute Gasteiger partial charge is 0.348 e. The molecule has 2 rings (SSSR count). The zero-order valence-corrected chi connectivity index (χ0v) is 12.5. The van der Waals surface area contributed by atoms with Gasteiger partial charge >= 0.3 is 11.8 Å². The molecule has 0 aromatic carbocycles. The molecule has 9 heteroatoms. The second kappa shape index (κ2) is 7.34. The van der Waals surface area contributed by atoms with E-state index in [0.29, 0.717) is 18.8 Å². The van der Waals surface area contributed by atoms with Crippen molar-refractivity contribution in [1.82, 2.24) is 14.1 Å². The fourth-order valence-corrected chi connectivity index (χ4v) is 2.04. The second-order valence-electron chi connectivity index (χ2n) is 4.81. The molecule has 0 saturated carbocycles. The van der Waals surface area contributed by atoms with E-state index in [1.54, 1.807) is 25.3 Å². The predicted molar refractivity (Wildman–Crippen MR) is 79.9 cm³/mol. The van der Waals surface area contributed by atoms with Crippen LogP contribution in [0.5, 0.6) is 0 Å². The number of aryl methyl sites for hydroxylation is 2. The molecule has 0 unspecified atom stereocenters. The van der Waals surface area contributed by atoms with Crippen LogP contribution in [0.1, 0.15) is 12.2 Å². The number of hydrogen-bond donors (Lipinski definition) is 0. The molecule has 0 fully saturated rings. The van der Waals surface area contributed by atoms with E-state index in [4.69, 9.17) is 4.74 Å². The number of carbonyl (C=O) groups is 1. The summed E-state index contributed by atoms with van der Waals surface area (Å²) in [5.74, 6) is -0.477. The summed E-state index contributed by atoms with van der Waals surface area (Å²) in [4.78, 5) is 37.3. The van der Waals surface area contributed by atoms with Crippen LogP contribution in [0.25, 0.3) is 0 Å². The molecule has 0 radical (unpaired) electrons. The Kier molecular flexibility index (Phi) is 5.23. The van der Waals surface area contributed by atoms with Gasteiger partial charge in [0.1, 0.15) is 6.20 Å². The van der Waals surface area contributed by atoms with Gasteiger partial charge in [-0.25, -0.2) is 9.78 Å². The Balaban J connectivity index is 1.82. The molecule has 0 atom stereocenters. The van der Waals surface area contributed by atoms with E-state index >= 15 is 0 Å². The van der Waals surface area contributed by atoms with Crippen molar-refractivity contribution >= 4 is 11.8 Å². The van der Waals surface area contributed by atoms with Crippen LogP contribution in [0.3, 0.4) is 0 Å². The van der Waals surface area contributed by atoms with Gasteiger partial charge in [-0.1, -0.05) is 6.07 Å². The van der Waals surface area contributed by atoms with Gasteiger partial charge in [-0.2, -0.15) is 4.57 Å². The molecule has 23 heavy (non-hydrogen) atoms. The van der Waals surface area contributed by atoms with Crippen molar-refractivity contribution in [2.24, 2.45) is 0 Å². The molecular formula is C14H16N4O5. The number of aromatic nitrogens is 3. The number of nitrogens with zero attached hydrogens (tertiary/aromatic N) is 4. The molecule has 0 N–H and O–H groups in total. The number of carbonyl (C=O) groups excluding carboxylic acids is 1. The molecule has 0 aliphatic heterocycles. The van der Waals surface area contributed by atoms with Crippen molar-refractivity contribution in [1.29, 1.82) is 0 Å². The predicted octanol–water partition coefficient (Wildman–Crippen LogP) is 0.895. The van der Waals surface area contributed by atoms with E-state index < -0.39 is 10.9 Å². The third kappa shape index (κ3) is 4.25. The Labute approximate surface area is 131 Å². The SMILES string of the molecule is Cc1ncc([N+](=O)[O-])n1CC(=O)OCCCn1ccccc1=O. The zero-order chi connectivity index (χ0) is 16.8. The summed E-state index contributed by atoms with van der Waals surface area (Å²) in [6.45, 7) is 1.86. The summed E-state index contributed by atoms with van der Waals surface area (Å²) in [5.41, 5.74) is -0.122. The van der Waals surface area contributed by atoms with Gasteiger partial charge in [0.25, 0.3) is 0 Å². The number of hydrogen-bond acceptors (Lipinski definition) is 6. The summed E-state index contributed by atoms with van der Waals surface area (Å²) in [6.07, 6.45) is 3.23. The van der Waals surface area contributed by atoms with Gasteiger partial charge in [0.05, 0.1) is 6.61 Å². The van der Waals surface area contributed by atoms with Crippen LogP contribution < -0.4 is 5.56 Å². The van der Waals surface area contributed by atoms with Crippen LogP contribution in [0.15, 0.2) is 35.4 Å². The first kappa shape index (κ1) is 16.4. The van der Waals surface area contributed by atoms with Crippen LogP contribution in [-0.2, 0) is 22.6 Å². The van der Waals surface area contributed by atoms with E-state index in [9.17, 15) is 19.7 Å². The van der Waals surface area contributed by atoms with Crippen LogP contribution in [0.2, 0.25) is 0 Å². The standard InChI is InChI=1S/C14H16N4O5/c1-11-15-9-12(18(21)22)17(11)10-14(20)23-8-4-7-16-6-3-2-5-13(16)19/h2-3,5-6,9H,4,7-8,10H2,1H3. The van der Waals surface area contributed by atoms with Crippen LogP contribution in [0.4, 0.5) is 5.82 Å². The van der Waals surface area contributed by atoms with Gasteiger partial charge in [0.2, 0.25) is 5.56 Å². The first-order valence-corrected chi connectivity index (χ1v) is 6.96. The minimum absolute atomic E-state index is 0.122. The number of ether oxygens (including phenoxy) is 1. The van der Waals surface area contributed by atoms with Gasteiger partial charge in [-0.15, -0.1) is 0 Å². The van der Waals surface area contributed by atoms with Crippen molar-refractivity contribution in [3.8, 4) is 0 Å². The van der Waals surface area contributed by atoms with Crippen LogP contribution in [0, 0.1) is 17.0 Å². The first-order valence-electron chi connectivity index (χ1n) is 6.96. The molecule has 0 saturated heterocycles. The maximum Gasteiger partial charge on any atom is 0.348 e. The molecule has 0 spiro atoms. The zero-order valence-electron chi connectivity index (χ0n) is 12.5. The Bertz CT molecular complexity index is 765. The Morgan fingerprint density at radius 1 is 1.43 bits per heavy atom. The lowest BCUT2D eigenvalue weighted by molar-refractivity contribution is -0.392. The molecule has 9 nitrogen and oxygen atoms in total. The van der Waals surface area contributed by atoms with Crippen molar-refractivity contribution < 1.29 is 14.5 Å². The van der Waals surface area contributed by atoms with Crippen molar-refractivity contribution in [3.05, 3.63) is 56.9 Å². The molecular weight excluding hydrogens is 304 g/mol. The molecule has 122 valence electrons. The highest BCUT2D eigenvalue weighted by atomic mass is 16.6. The van der Waals surface area contributed by atoms with Gasteiger partial charge < -0.3 is 19.4 Å². The lowest BCUT2D eigenvalue weighted by atomic mass is 10.4. The normalized spacial score (nSPS) is 10.5. The second-order valence-corrected chi connectivity index (χ2v) is 4.81. The fourth-order valence-electron chi connectivity index (χ4n) is 2.04. The minimum Gasteiger partial charge on any atom is -0.463 e. The highest BCUT2D eigenvalue weighted by Crippen LogP contribution is 2.13. The van der Waals surface area contributed by atoms with Crippen molar-refractivity contribution in [2.45, 2.75) is 26.4 Å². The number of pyridine rings is 1. The van der Waals surface area contributed by atoms with Gasteiger partial charge in [-0.05, 0) is 17.4 Å². The Morgan fingerprint density at radius 2 is 2.22 bits per heavy atom. The highest BCUT2D eigenvalue weighted by Gasteiger charge is 2.20. The van der Waals surface area contributed by atoms with E-state index in [2.05, 4.69) is 4.98 Å². The summed E-state index contributed by atoms with van der Waals surface area (Å²) in [7, 11) is 0. The van der Waals surface area contributed by atoms with Gasteiger partial charge in [0, 0.05) is 25.7 Å². The lowest BCUT2D eigenvalue weighted by Gasteiger charge is -2.06.